The molecule has 1 heterocycles. The van der Waals surface area contributed by atoms with Gasteiger partial charge in [-0.25, -0.2) is 0 Å². The maximum absolute atomic E-state index is 12.8. The van der Waals surface area contributed by atoms with Gasteiger partial charge >= 0.3 is 0 Å². The van der Waals surface area contributed by atoms with Gasteiger partial charge in [0.1, 0.15) is 12.4 Å². The molecule has 1 fully saturated rings. The van der Waals surface area contributed by atoms with Crippen LogP contribution in [0.5, 0.6) is 5.75 Å². The Morgan fingerprint density at radius 3 is 2.47 bits per heavy atom. The minimum Gasteiger partial charge on any atom is -0.489 e. The van der Waals surface area contributed by atoms with E-state index in [2.05, 4.69) is 18.2 Å². The zero-order chi connectivity index (χ0) is 25.1. The van der Waals surface area contributed by atoms with Gasteiger partial charge in [0.25, 0.3) is 16.8 Å². The Bertz CT molecular complexity index is 1510. The average Bonchev–Trinajstić information content (AvgIpc) is 3.15. The Morgan fingerprint density at radius 2 is 1.67 bits per heavy atom. The van der Waals surface area contributed by atoms with Gasteiger partial charge in [0.05, 0.1) is 16.4 Å². The van der Waals surface area contributed by atoms with Gasteiger partial charge in [-0.1, -0.05) is 66.7 Å². The summed E-state index contributed by atoms with van der Waals surface area (Å²) in [6.07, 6.45) is 1.66. The van der Waals surface area contributed by atoms with Crippen molar-refractivity contribution in [2.24, 2.45) is 0 Å². The number of nitro groups is 1. The number of non-ortho nitro benzene ring substituents is 1. The smallest absolute Gasteiger partial charge is 0.293 e. The highest BCUT2D eigenvalue weighted by Gasteiger charge is 2.35. The van der Waals surface area contributed by atoms with Gasteiger partial charge in [0.15, 0.2) is 0 Å². The van der Waals surface area contributed by atoms with Crippen molar-refractivity contribution < 1.29 is 19.2 Å². The van der Waals surface area contributed by atoms with Crippen molar-refractivity contribution in [1.29, 1.82) is 0 Å². The summed E-state index contributed by atoms with van der Waals surface area (Å²) >= 11 is 0.853. The molecule has 0 radical (unpaired) electrons. The number of hydrogen-bond acceptors (Lipinski definition) is 6. The summed E-state index contributed by atoms with van der Waals surface area (Å²) in [6, 6.07) is 27.5. The van der Waals surface area contributed by atoms with Gasteiger partial charge in [-0.3, -0.25) is 24.6 Å². The van der Waals surface area contributed by atoms with Crippen LogP contribution >= 0.6 is 11.8 Å². The Hall–Kier alpha value is -4.43. The first kappa shape index (κ1) is 23.3. The van der Waals surface area contributed by atoms with E-state index in [1.165, 1.54) is 18.2 Å². The van der Waals surface area contributed by atoms with E-state index in [1.807, 2.05) is 48.5 Å². The molecular formula is C28H20N2O5S. The van der Waals surface area contributed by atoms with E-state index < -0.39 is 16.1 Å². The lowest BCUT2D eigenvalue weighted by atomic mass is 10.1. The van der Waals surface area contributed by atoms with Crippen molar-refractivity contribution in [3.05, 3.63) is 123 Å². The molecule has 7 nitrogen and oxygen atoms in total. The summed E-state index contributed by atoms with van der Waals surface area (Å²) in [4.78, 5) is 37.2. The number of fused-ring (bicyclic) bond motifs is 1. The van der Waals surface area contributed by atoms with Crippen molar-refractivity contribution in [2.75, 3.05) is 0 Å². The van der Waals surface area contributed by atoms with Crippen LogP contribution in [0.1, 0.15) is 16.7 Å². The van der Waals surface area contributed by atoms with Crippen LogP contribution in [0.4, 0.5) is 10.5 Å². The first-order valence-electron chi connectivity index (χ1n) is 11.2. The fraction of sp³-hybridized carbons (Fsp3) is 0.0714. The summed E-state index contributed by atoms with van der Waals surface area (Å²) < 4.78 is 5.97. The Morgan fingerprint density at radius 1 is 0.917 bits per heavy atom. The molecule has 0 spiro atoms. The van der Waals surface area contributed by atoms with Crippen molar-refractivity contribution >= 4 is 45.4 Å². The number of carbonyl (C=O) groups excluding carboxylic acids is 2. The lowest BCUT2D eigenvalue weighted by Crippen LogP contribution is -2.27. The van der Waals surface area contributed by atoms with Crippen LogP contribution in [0.25, 0.3) is 16.8 Å². The molecule has 5 rings (SSSR count). The fourth-order valence-electron chi connectivity index (χ4n) is 3.98. The van der Waals surface area contributed by atoms with Crippen LogP contribution in [0.3, 0.4) is 0 Å². The number of nitro benzene ring substituents is 1. The Labute approximate surface area is 211 Å². The van der Waals surface area contributed by atoms with Gasteiger partial charge in [0, 0.05) is 12.1 Å². The van der Waals surface area contributed by atoms with E-state index in [9.17, 15) is 19.7 Å². The molecule has 36 heavy (non-hydrogen) atoms. The molecule has 4 aromatic rings. The summed E-state index contributed by atoms with van der Waals surface area (Å²) in [5.74, 6) is 0.270. The summed E-state index contributed by atoms with van der Waals surface area (Å²) in [7, 11) is 0. The number of thioether (sulfide) groups is 1. The van der Waals surface area contributed by atoms with Crippen molar-refractivity contribution in [3.8, 4) is 5.75 Å². The average molecular weight is 497 g/mol. The van der Waals surface area contributed by atoms with Crippen LogP contribution in [0.15, 0.2) is 95.9 Å². The third-order valence-electron chi connectivity index (χ3n) is 5.79. The van der Waals surface area contributed by atoms with Gasteiger partial charge in [-0.05, 0) is 57.4 Å². The third-order valence-corrected chi connectivity index (χ3v) is 6.70. The van der Waals surface area contributed by atoms with Gasteiger partial charge in [-0.15, -0.1) is 0 Å². The van der Waals surface area contributed by atoms with E-state index in [0.717, 1.165) is 38.6 Å². The minimum atomic E-state index is -0.507. The second-order valence-electron chi connectivity index (χ2n) is 8.19. The molecule has 1 aliphatic heterocycles. The SMILES string of the molecule is O=C1S/C(=C/c2ccc(OCc3cccc4ccccc34)cc2)C(=O)N1Cc1cccc([N+](=O)[O-])c1. The standard InChI is InChI=1S/C28H20N2O5S/c31-27-26(36-28(32)29(27)17-20-5-3-9-23(15-20)30(33)34)16-19-11-13-24(14-12-19)35-18-22-8-4-7-21-6-1-2-10-25(21)22/h1-16H,17-18H2/b26-16+. The summed E-state index contributed by atoms with van der Waals surface area (Å²) in [5.41, 5.74) is 2.28. The molecule has 1 aliphatic rings. The number of benzene rings is 4. The van der Waals surface area contributed by atoms with Crippen LogP contribution in [0, 0.1) is 10.1 Å². The molecule has 178 valence electrons. The van der Waals surface area contributed by atoms with E-state index in [-0.39, 0.29) is 12.2 Å². The lowest BCUT2D eigenvalue weighted by Gasteiger charge is -2.12. The van der Waals surface area contributed by atoms with Crippen molar-refractivity contribution in [2.45, 2.75) is 13.2 Å². The van der Waals surface area contributed by atoms with Crippen LogP contribution < -0.4 is 4.74 Å². The number of carbonyl (C=O) groups is 2. The first-order chi connectivity index (χ1) is 17.5. The zero-order valence-electron chi connectivity index (χ0n) is 19.0. The maximum atomic E-state index is 12.8. The largest absolute Gasteiger partial charge is 0.489 e. The Kier molecular flexibility index (Phi) is 6.51. The normalized spacial score (nSPS) is 14.6. The highest BCUT2D eigenvalue weighted by molar-refractivity contribution is 8.18. The predicted molar refractivity (Wildman–Crippen MR) is 139 cm³/mol. The third kappa shape index (κ3) is 4.99. The molecule has 0 unspecified atom stereocenters. The van der Waals surface area contributed by atoms with Gasteiger partial charge in [0.2, 0.25) is 0 Å². The number of hydrogen-bond donors (Lipinski definition) is 0. The van der Waals surface area contributed by atoms with Gasteiger partial charge in [-0.2, -0.15) is 0 Å². The van der Waals surface area contributed by atoms with E-state index in [1.54, 1.807) is 12.1 Å². The van der Waals surface area contributed by atoms with Crippen LogP contribution in [-0.4, -0.2) is 21.0 Å². The fourth-order valence-corrected chi connectivity index (χ4v) is 4.82. The summed E-state index contributed by atoms with van der Waals surface area (Å²) in [6.45, 7) is 0.405. The maximum Gasteiger partial charge on any atom is 0.293 e. The number of ether oxygens (including phenoxy) is 1. The first-order valence-corrected chi connectivity index (χ1v) is 12.0. The second kappa shape index (κ2) is 10.1. The molecule has 0 saturated carbocycles. The number of amides is 2. The van der Waals surface area contributed by atoms with Crippen molar-refractivity contribution in [3.63, 3.8) is 0 Å². The molecule has 0 atom stereocenters. The summed E-state index contributed by atoms with van der Waals surface area (Å²) in [5, 5.41) is 12.9. The lowest BCUT2D eigenvalue weighted by molar-refractivity contribution is -0.384. The minimum absolute atomic E-state index is 0.0232. The molecule has 4 aromatic carbocycles. The molecule has 8 heteroatoms. The predicted octanol–water partition coefficient (Wildman–Crippen LogP) is 6.56. The molecule has 0 aromatic heterocycles. The molecule has 2 amide bonds. The van der Waals surface area contributed by atoms with E-state index in [0.29, 0.717) is 22.8 Å². The highest BCUT2D eigenvalue weighted by Crippen LogP contribution is 2.34. The van der Waals surface area contributed by atoms with Crippen LogP contribution in [-0.2, 0) is 17.9 Å². The van der Waals surface area contributed by atoms with Crippen LogP contribution in [0.2, 0.25) is 0 Å². The molecule has 0 aliphatic carbocycles. The number of imide groups is 1. The molecule has 0 N–H and O–H groups in total. The molecule has 0 bridgehead atoms. The number of rotatable bonds is 7. The Balaban J connectivity index is 1.25. The number of nitrogens with zero attached hydrogens (tertiary/aromatic N) is 2. The van der Waals surface area contributed by atoms with Gasteiger partial charge < -0.3 is 4.74 Å². The monoisotopic (exact) mass is 496 g/mol. The van der Waals surface area contributed by atoms with Crippen molar-refractivity contribution in [1.82, 2.24) is 4.90 Å². The molecule has 1 saturated heterocycles. The quantitative estimate of drug-likeness (QED) is 0.163. The molecular weight excluding hydrogens is 476 g/mol. The highest BCUT2D eigenvalue weighted by atomic mass is 32.2. The second-order valence-corrected chi connectivity index (χ2v) is 9.18. The zero-order valence-corrected chi connectivity index (χ0v) is 19.8. The van der Waals surface area contributed by atoms with E-state index >= 15 is 0 Å². The van der Waals surface area contributed by atoms with E-state index in [4.69, 9.17) is 4.74 Å². The topological polar surface area (TPSA) is 89.8 Å².